The third kappa shape index (κ3) is 5.83. The molecular formula is C17H15Cl2FN2O2. The number of carbonyl (C=O) groups excluding carboxylic acids is 2. The van der Waals surface area contributed by atoms with Gasteiger partial charge in [-0.1, -0.05) is 35.3 Å². The molecule has 0 aromatic heterocycles. The Morgan fingerprint density at radius 3 is 2.38 bits per heavy atom. The lowest BCUT2D eigenvalue weighted by Gasteiger charge is -2.08. The van der Waals surface area contributed by atoms with E-state index in [9.17, 15) is 14.0 Å². The first-order valence-corrected chi connectivity index (χ1v) is 7.95. The van der Waals surface area contributed by atoms with Crippen LogP contribution in [0.2, 0.25) is 10.0 Å². The van der Waals surface area contributed by atoms with Crippen molar-refractivity contribution in [3.05, 3.63) is 63.9 Å². The van der Waals surface area contributed by atoms with E-state index in [0.717, 1.165) is 5.56 Å². The Morgan fingerprint density at radius 2 is 1.71 bits per heavy atom. The predicted molar refractivity (Wildman–Crippen MR) is 92.8 cm³/mol. The van der Waals surface area contributed by atoms with E-state index in [0.29, 0.717) is 28.7 Å². The third-order valence-electron chi connectivity index (χ3n) is 3.18. The molecule has 2 N–H and O–H groups in total. The Balaban J connectivity index is 1.75. The van der Waals surface area contributed by atoms with Crippen LogP contribution in [0, 0.1) is 5.82 Å². The van der Waals surface area contributed by atoms with Gasteiger partial charge < -0.3 is 10.6 Å². The number of amides is 2. The molecule has 0 atom stereocenters. The molecule has 0 heterocycles. The summed E-state index contributed by atoms with van der Waals surface area (Å²) in [4.78, 5) is 23.6. The van der Waals surface area contributed by atoms with E-state index < -0.39 is 11.8 Å². The van der Waals surface area contributed by atoms with Crippen LogP contribution in [-0.2, 0) is 16.0 Å². The molecule has 126 valence electrons. The summed E-state index contributed by atoms with van der Waals surface area (Å²) in [5, 5.41) is 5.94. The second-order valence-corrected chi connectivity index (χ2v) is 5.92. The van der Waals surface area contributed by atoms with Gasteiger partial charge in [-0.3, -0.25) is 9.59 Å². The molecule has 0 bridgehead atoms. The lowest BCUT2D eigenvalue weighted by molar-refractivity contribution is -0.126. The Morgan fingerprint density at radius 1 is 1.00 bits per heavy atom. The fourth-order valence-electron chi connectivity index (χ4n) is 1.99. The fourth-order valence-corrected chi connectivity index (χ4v) is 2.45. The van der Waals surface area contributed by atoms with Crippen LogP contribution >= 0.6 is 23.2 Å². The van der Waals surface area contributed by atoms with E-state index in [1.807, 2.05) is 0 Å². The quantitative estimate of drug-likeness (QED) is 0.761. The van der Waals surface area contributed by atoms with Crippen LogP contribution in [0.5, 0.6) is 0 Å². The van der Waals surface area contributed by atoms with E-state index >= 15 is 0 Å². The molecule has 0 fully saturated rings. The van der Waals surface area contributed by atoms with Crippen molar-refractivity contribution in [1.29, 1.82) is 0 Å². The Labute approximate surface area is 149 Å². The van der Waals surface area contributed by atoms with Crippen LogP contribution in [-0.4, -0.2) is 18.4 Å². The number of halogens is 3. The maximum absolute atomic E-state index is 12.8. The van der Waals surface area contributed by atoms with Gasteiger partial charge in [0.1, 0.15) is 12.2 Å². The van der Waals surface area contributed by atoms with Crippen LogP contribution < -0.4 is 10.6 Å². The minimum absolute atomic E-state index is 0.299. The predicted octanol–water partition coefficient (Wildman–Crippen LogP) is 3.82. The van der Waals surface area contributed by atoms with Crippen molar-refractivity contribution in [2.45, 2.75) is 12.8 Å². The zero-order valence-corrected chi connectivity index (χ0v) is 14.1. The van der Waals surface area contributed by atoms with Gasteiger partial charge in [0.05, 0.1) is 10.7 Å². The first-order chi connectivity index (χ1) is 11.4. The second kappa shape index (κ2) is 8.66. The van der Waals surface area contributed by atoms with Crippen LogP contribution in [0.1, 0.15) is 12.0 Å². The van der Waals surface area contributed by atoms with Crippen LogP contribution in [0.25, 0.3) is 0 Å². The molecule has 2 rings (SSSR count). The molecule has 0 saturated carbocycles. The van der Waals surface area contributed by atoms with Gasteiger partial charge in [0.15, 0.2) is 0 Å². The maximum atomic E-state index is 12.8. The molecular weight excluding hydrogens is 354 g/mol. The highest BCUT2D eigenvalue weighted by atomic mass is 35.5. The van der Waals surface area contributed by atoms with Gasteiger partial charge in [-0.05, 0) is 42.3 Å². The Hall–Kier alpha value is -2.11. The van der Waals surface area contributed by atoms with Gasteiger partial charge in [-0.25, -0.2) is 4.39 Å². The lowest BCUT2D eigenvalue weighted by Crippen LogP contribution is -2.29. The number of rotatable bonds is 6. The first-order valence-electron chi connectivity index (χ1n) is 7.20. The molecule has 24 heavy (non-hydrogen) atoms. The molecule has 0 aliphatic heterocycles. The first kappa shape index (κ1) is 18.2. The highest BCUT2D eigenvalue weighted by Gasteiger charge is 2.11. The van der Waals surface area contributed by atoms with Crippen molar-refractivity contribution in [3.63, 3.8) is 0 Å². The number of anilines is 1. The SMILES string of the molecule is O=C(CC(=O)Nc1ccc(Cl)cc1Cl)NCCc1ccc(F)cc1. The van der Waals surface area contributed by atoms with Crippen LogP contribution in [0.3, 0.4) is 0 Å². The highest BCUT2D eigenvalue weighted by Crippen LogP contribution is 2.25. The van der Waals surface area contributed by atoms with E-state index in [2.05, 4.69) is 10.6 Å². The number of hydrogen-bond donors (Lipinski definition) is 2. The monoisotopic (exact) mass is 368 g/mol. The van der Waals surface area contributed by atoms with E-state index in [1.165, 1.54) is 18.2 Å². The summed E-state index contributed by atoms with van der Waals surface area (Å²) in [6.07, 6.45) is 0.235. The van der Waals surface area contributed by atoms with Crippen molar-refractivity contribution in [2.75, 3.05) is 11.9 Å². The maximum Gasteiger partial charge on any atom is 0.233 e. The normalized spacial score (nSPS) is 10.3. The number of benzene rings is 2. The zero-order valence-electron chi connectivity index (χ0n) is 12.6. The molecule has 0 spiro atoms. The van der Waals surface area contributed by atoms with Gasteiger partial charge in [0.25, 0.3) is 0 Å². The number of carbonyl (C=O) groups is 2. The van der Waals surface area contributed by atoms with Crippen molar-refractivity contribution >= 4 is 40.7 Å². The van der Waals surface area contributed by atoms with Gasteiger partial charge in [-0.15, -0.1) is 0 Å². The molecule has 7 heteroatoms. The minimum atomic E-state index is -0.474. The van der Waals surface area contributed by atoms with E-state index in [4.69, 9.17) is 23.2 Å². The topological polar surface area (TPSA) is 58.2 Å². The van der Waals surface area contributed by atoms with Crippen LogP contribution in [0.4, 0.5) is 10.1 Å². The molecule has 0 saturated heterocycles. The summed E-state index contributed by atoms with van der Waals surface area (Å²) < 4.78 is 12.8. The average Bonchev–Trinajstić information content (AvgIpc) is 2.52. The Kier molecular flexibility index (Phi) is 6.58. The van der Waals surface area contributed by atoms with Gasteiger partial charge in [0.2, 0.25) is 11.8 Å². The molecule has 0 unspecified atom stereocenters. The summed E-state index contributed by atoms with van der Waals surface area (Å²) in [6.45, 7) is 0.361. The summed E-state index contributed by atoms with van der Waals surface area (Å²) in [5.74, 6) is -1.18. The van der Waals surface area contributed by atoms with Crippen molar-refractivity contribution in [3.8, 4) is 0 Å². The van der Waals surface area contributed by atoms with Gasteiger partial charge in [0, 0.05) is 11.6 Å². The van der Waals surface area contributed by atoms with Crippen molar-refractivity contribution in [1.82, 2.24) is 5.32 Å². The largest absolute Gasteiger partial charge is 0.355 e. The van der Waals surface area contributed by atoms with Crippen molar-refractivity contribution in [2.24, 2.45) is 0 Å². The standard InChI is InChI=1S/C17H15Cl2FN2O2/c18-12-3-6-15(14(19)9-12)22-17(24)10-16(23)21-8-7-11-1-4-13(20)5-2-11/h1-6,9H,7-8,10H2,(H,21,23)(H,22,24). The summed E-state index contributed by atoms with van der Waals surface area (Å²) in [5.41, 5.74) is 1.29. The minimum Gasteiger partial charge on any atom is -0.355 e. The van der Waals surface area contributed by atoms with E-state index in [-0.39, 0.29) is 12.2 Å². The van der Waals surface area contributed by atoms with Crippen molar-refractivity contribution < 1.29 is 14.0 Å². The average molecular weight is 369 g/mol. The number of nitrogens with one attached hydrogen (secondary N) is 2. The molecule has 2 aromatic carbocycles. The molecule has 0 aliphatic rings. The van der Waals surface area contributed by atoms with E-state index in [1.54, 1.807) is 24.3 Å². The van der Waals surface area contributed by atoms with Gasteiger partial charge >= 0.3 is 0 Å². The smallest absolute Gasteiger partial charge is 0.233 e. The Bertz CT molecular complexity index is 736. The second-order valence-electron chi connectivity index (χ2n) is 5.08. The fraction of sp³-hybridized carbons (Fsp3) is 0.176. The molecule has 4 nitrogen and oxygen atoms in total. The summed E-state index contributed by atoms with van der Waals surface area (Å²) >= 11 is 11.7. The lowest BCUT2D eigenvalue weighted by atomic mass is 10.1. The summed E-state index contributed by atoms with van der Waals surface area (Å²) in [7, 11) is 0. The van der Waals surface area contributed by atoms with Gasteiger partial charge in [-0.2, -0.15) is 0 Å². The third-order valence-corrected chi connectivity index (χ3v) is 3.72. The summed E-state index contributed by atoms with van der Waals surface area (Å²) in [6, 6.07) is 10.7. The van der Waals surface area contributed by atoms with Crippen LogP contribution in [0.15, 0.2) is 42.5 Å². The molecule has 2 amide bonds. The zero-order chi connectivity index (χ0) is 17.5. The molecule has 0 aliphatic carbocycles. The number of hydrogen-bond acceptors (Lipinski definition) is 2. The highest BCUT2D eigenvalue weighted by molar-refractivity contribution is 6.36. The molecule has 0 radical (unpaired) electrons. The molecule has 2 aromatic rings.